The average Bonchev–Trinajstić information content (AvgIpc) is 2.34. The summed E-state index contributed by atoms with van der Waals surface area (Å²) in [6, 6.07) is 12.4. The predicted molar refractivity (Wildman–Crippen MR) is 71.8 cm³/mol. The molecule has 2 aromatic rings. The molecule has 4 heteroatoms. The van der Waals surface area contributed by atoms with Crippen molar-refractivity contribution in [1.29, 1.82) is 5.26 Å². The van der Waals surface area contributed by atoms with Gasteiger partial charge in [-0.3, -0.25) is 0 Å². The lowest BCUT2D eigenvalue weighted by atomic mass is 10.2. The molecule has 0 spiro atoms. The molecule has 0 atom stereocenters. The monoisotopic (exact) mass is 258 g/mol. The Hall–Kier alpha value is -2.18. The highest BCUT2D eigenvalue weighted by Gasteiger charge is 2.04. The first-order valence-electron chi connectivity index (χ1n) is 5.34. The maximum Gasteiger partial charge on any atom is 0.129 e. The smallest absolute Gasteiger partial charge is 0.129 e. The first-order chi connectivity index (χ1) is 8.60. The van der Waals surface area contributed by atoms with E-state index in [1.807, 2.05) is 25.1 Å². The van der Waals surface area contributed by atoms with E-state index in [4.69, 9.17) is 27.3 Å². The van der Waals surface area contributed by atoms with Gasteiger partial charge in [0.2, 0.25) is 0 Å². The van der Waals surface area contributed by atoms with Crippen LogP contribution in [0.25, 0.3) is 0 Å². The summed E-state index contributed by atoms with van der Waals surface area (Å²) in [5.74, 6) is 1.21. The van der Waals surface area contributed by atoms with Crippen molar-refractivity contribution in [1.82, 2.24) is 0 Å². The molecule has 0 saturated heterocycles. The van der Waals surface area contributed by atoms with Gasteiger partial charge in [-0.1, -0.05) is 17.7 Å². The van der Waals surface area contributed by atoms with Crippen LogP contribution >= 0.6 is 11.6 Å². The molecular formula is C14H11ClN2O. The van der Waals surface area contributed by atoms with Gasteiger partial charge in [0.25, 0.3) is 0 Å². The molecule has 2 aromatic carbocycles. The number of halogens is 1. The molecule has 0 radical (unpaired) electrons. The lowest BCUT2D eigenvalue weighted by Crippen LogP contribution is -1.91. The molecule has 0 saturated carbocycles. The third-order valence-electron chi connectivity index (χ3n) is 2.55. The maximum atomic E-state index is 8.77. The lowest BCUT2D eigenvalue weighted by molar-refractivity contribution is 0.483. The zero-order valence-electron chi connectivity index (χ0n) is 9.77. The van der Waals surface area contributed by atoms with E-state index < -0.39 is 0 Å². The standard InChI is InChI=1S/C14H11ClN2O/c1-9-2-4-12(7-14(9)17)18-11-5-3-10(8-16)13(15)6-11/h2-7H,17H2,1H3. The second kappa shape index (κ2) is 4.99. The predicted octanol–water partition coefficient (Wildman–Crippen LogP) is 3.89. The first kappa shape index (κ1) is 12.3. The number of anilines is 1. The van der Waals surface area contributed by atoms with Crippen molar-refractivity contribution in [3.8, 4) is 17.6 Å². The number of nitrogen functional groups attached to an aromatic ring is 1. The number of nitriles is 1. The SMILES string of the molecule is Cc1ccc(Oc2ccc(C#N)c(Cl)c2)cc1N. The largest absolute Gasteiger partial charge is 0.457 e. The van der Waals surface area contributed by atoms with Crippen LogP contribution in [-0.4, -0.2) is 0 Å². The number of aryl methyl sites for hydroxylation is 1. The minimum absolute atomic E-state index is 0.370. The molecule has 90 valence electrons. The van der Waals surface area contributed by atoms with Gasteiger partial charge in [-0.15, -0.1) is 0 Å². The Balaban J connectivity index is 2.26. The van der Waals surface area contributed by atoms with Crippen molar-refractivity contribution in [2.24, 2.45) is 0 Å². The quantitative estimate of drug-likeness (QED) is 0.831. The van der Waals surface area contributed by atoms with Gasteiger partial charge in [-0.05, 0) is 30.7 Å². The number of hydrogen-bond acceptors (Lipinski definition) is 3. The number of hydrogen-bond donors (Lipinski definition) is 1. The number of rotatable bonds is 2. The van der Waals surface area contributed by atoms with Crippen LogP contribution < -0.4 is 10.5 Å². The molecule has 0 heterocycles. The number of nitrogens with zero attached hydrogens (tertiary/aromatic N) is 1. The Morgan fingerprint density at radius 2 is 1.83 bits per heavy atom. The fourth-order valence-electron chi connectivity index (χ4n) is 1.47. The van der Waals surface area contributed by atoms with Crippen molar-refractivity contribution in [2.75, 3.05) is 5.73 Å². The Bertz CT molecular complexity index is 632. The molecule has 2 rings (SSSR count). The molecule has 0 amide bonds. The van der Waals surface area contributed by atoms with Gasteiger partial charge >= 0.3 is 0 Å². The van der Waals surface area contributed by atoms with Gasteiger partial charge in [-0.25, -0.2) is 0 Å². The van der Waals surface area contributed by atoms with Crippen molar-refractivity contribution < 1.29 is 4.74 Å². The van der Waals surface area contributed by atoms with Gasteiger partial charge < -0.3 is 10.5 Å². The van der Waals surface area contributed by atoms with Gasteiger partial charge in [0.15, 0.2) is 0 Å². The van der Waals surface area contributed by atoms with Gasteiger partial charge in [0, 0.05) is 17.8 Å². The van der Waals surface area contributed by atoms with E-state index >= 15 is 0 Å². The molecule has 2 N–H and O–H groups in total. The minimum atomic E-state index is 0.370. The molecule has 0 aromatic heterocycles. The fraction of sp³-hybridized carbons (Fsp3) is 0.0714. The van der Waals surface area contributed by atoms with Crippen molar-refractivity contribution in [3.05, 3.63) is 52.5 Å². The topological polar surface area (TPSA) is 59.0 Å². The van der Waals surface area contributed by atoms with Crippen LogP contribution in [0.5, 0.6) is 11.5 Å². The van der Waals surface area contributed by atoms with Crippen molar-refractivity contribution in [2.45, 2.75) is 6.92 Å². The Labute approximate surface area is 110 Å². The number of ether oxygens (including phenoxy) is 1. The van der Waals surface area contributed by atoms with Crippen LogP contribution in [0.15, 0.2) is 36.4 Å². The van der Waals surface area contributed by atoms with E-state index in [0.29, 0.717) is 27.8 Å². The van der Waals surface area contributed by atoms with Crippen LogP contribution in [0.3, 0.4) is 0 Å². The summed E-state index contributed by atoms with van der Waals surface area (Å²) in [6.07, 6.45) is 0. The summed E-state index contributed by atoms with van der Waals surface area (Å²) in [5, 5.41) is 9.14. The van der Waals surface area contributed by atoms with Crippen LogP contribution in [0.2, 0.25) is 5.02 Å². The molecule has 0 aliphatic rings. The maximum absolute atomic E-state index is 8.77. The molecule has 0 aliphatic heterocycles. The van der Waals surface area contributed by atoms with E-state index in [-0.39, 0.29) is 0 Å². The second-order valence-corrected chi connectivity index (χ2v) is 4.28. The van der Waals surface area contributed by atoms with Crippen LogP contribution in [0.4, 0.5) is 5.69 Å². The summed E-state index contributed by atoms with van der Waals surface area (Å²) in [4.78, 5) is 0. The third-order valence-corrected chi connectivity index (χ3v) is 2.86. The molecule has 0 unspecified atom stereocenters. The lowest BCUT2D eigenvalue weighted by Gasteiger charge is -2.08. The second-order valence-electron chi connectivity index (χ2n) is 3.87. The summed E-state index contributed by atoms with van der Waals surface area (Å²) in [5.41, 5.74) is 7.90. The summed E-state index contributed by atoms with van der Waals surface area (Å²) in [6.45, 7) is 1.93. The van der Waals surface area contributed by atoms with Gasteiger partial charge in [0.05, 0.1) is 10.6 Å². The van der Waals surface area contributed by atoms with E-state index in [9.17, 15) is 0 Å². The van der Waals surface area contributed by atoms with E-state index in [1.54, 1.807) is 24.3 Å². The molecule has 3 nitrogen and oxygen atoms in total. The third kappa shape index (κ3) is 2.55. The van der Waals surface area contributed by atoms with E-state index in [2.05, 4.69) is 0 Å². The van der Waals surface area contributed by atoms with E-state index in [0.717, 1.165) is 5.56 Å². The highest BCUT2D eigenvalue weighted by atomic mass is 35.5. The highest BCUT2D eigenvalue weighted by Crippen LogP contribution is 2.28. The van der Waals surface area contributed by atoms with Crippen LogP contribution in [0.1, 0.15) is 11.1 Å². The Morgan fingerprint density at radius 1 is 1.17 bits per heavy atom. The summed E-state index contributed by atoms with van der Waals surface area (Å²) >= 11 is 5.93. The number of nitrogens with two attached hydrogens (primary N) is 1. The fourth-order valence-corrected chi connectivity index (χ4v) is 1.68. The normalized spacial score (nSPS) is 9.83. The van der Waals surface area contributed by atoms with E-state index in [1.165, 1.54) is 0 Å². The molecular weight excluding hydrogens is 248 g/mol. The van der Waals surface area contributed by atoms with Crippen LogP contribution in [0, 0.1) is 18.3 Å². The minimum Gasteiger partial charge on any atom is -0.457 e. The molecule has 18 heavy (non-hydrogen) atoms. The first-order valence-corrected chi connectivity index (χ1v) is 5.71. The van der Waals surface area contributed by atoms with Gasteiger partial charge in [0.1, 0.15) is 17.6 Å². The zero-order valence-corrected chi connectivity index (χ0v) is 10.5. The zero-order chi connectivity index (χ0) is 13.1. The van der Waals surface area contributed by atoms with Crippen molar-refractivity contribution in [3.63, 3.8) is 0 Å². The summed E-state index contributed by atoms with van der Waals surface area (Å²) < 4.78 is 5.62. The Morgan fingerprint density at radius 3 is 2.44 bits per heavy atom. The molecule has 0 fully saturated rings. The highest BCUT2D eigenvalue weighted by molar-refractivity contribution is 6.31. The van der Waals surface area contributed by atoms with Gasteiger partial charge in [-0.2, -0.15) is 5.26 Å². The molecule has 0 aliphatic carbocycles. The summed E-state index contributed by atoms with van der Waals surface area (Å²) in [7, 11) is 0. The molecule has 0 bridgehead atoms. The van der Waals surface area contributed by atoms with Crippen molar-refractivity contribution >= 4 is 17.3 Å². The number of benzene rings is 2. The average molecular weight is 259 g/mol. The Kier molecular flexibility index (Phi) is 3.40. The van der Waals surface area contributed by atoms with Crippen LogP contribution in [-0.2, 0) is 0 Å².